The van der Waals surface area contributed by atoms with Gasteiger partial charge in [0.25, 0.3) is 0 Å². The SMILES string of the molecule is C=C(CCBr)OC(=C)CCBr. The maximum Gasteiger partial charge on any atom is 0.0972 e. The van der Waals surface area contributed by atoms with Crippen molar-refractivity contribution < 1.29 is 4.74 Å². The molecule has 0 fully saturated rings. The van der Waals surface area contributed by atoms with Crippen molar-refractivity contribution >= 4 is 31.9 Å². The summed E-state index contributed by atoms with van der Waals surface area (Å²) < 4.78 is 5.28. The van der Waals surface area contributed by atoms with E-state index in [9.17, 15) is 0 Å². The Bertz CT molecular complexity index is 127. The lowest BCUT2D eigenvalue weighted by molar-refractivity contribution is 0.289. The zero-order chi connectivity index (χ0) is 8.69. The number of alkyl halides is 2. The molecular formula is C8H12Br2O. The highest BCUT2D eigenvalue weighted by Gasteiger charge is 1.97. The monoisotopic (exact) mass is 282 g/mol. The van der Waals surface area contributed by atoms with E-state index >= 15 is 0 Å². The minimum absolute atomic E-state index is 0.771. The van der Waals surface area contributed by atoms with Crippen LogP contribution in [0.2, 0.25) is 0 Å². The molecule has 0 atom stereocenters. The topological polar surface area (TPSA) is 9.23 Å². The minimum Gasteiger partial charge on any atom is -0.467 e. The molecule has 0 spiro atoms. The number of hydrogen-bond donors (Lipinski definition) is 0. The van der Waals surface area contributed by atoms with Crippen LogP contribution in [0.5, 0.6) is 0 Å². The highest BCUT2D eigenvalue weighted by atomic mass is 79.9. The molecule has 0 aromatic carbocycles. The summed E-state index contributed by atoms with van der Waals surface area (Å²) >= 11 is 6.60. The van der Waals surface area contributed by atoms with E-state index in [0.29, 0.717) is 0 Å². The fourth-order valence-corrected chi connectivity index (χ4v) is 1.40. The maximum atomic E-state index is 5.28. The summed E-state index contributed by atoms with van der Waals surface area (Å²) in [6.45, 7) is 7.48. The van der Waals surface area contributed by atoms with Gasteiger partial charge in [-0.3, -0.25) is 0 Å². The molecule has 0 amide bonds. The molecule has 0 N–H and O–H groups in total. The average Bonchev–Trinajstić information content (AvgIpc) is 1.87. The Morgan fingerprint density at radius 1 is 1.00 bits per heavy atom. The summed E-state index contributed by atoms with van der Waals surface area (Å²) in [6, 6.07) is 0. The van der Waals surface area contributed by atoms with Crippen molar-refractivity contribution in [3.05, 3.63) is 24.7 Å². The van der Waals surface area contributed by atoms with Crippen LogP contribution in [0.25, 0.3) is 0 Å². The number of halogens is 2. The lowest BCUT2D eigenvalue weighted by Gasteiger charge is -2.08. The summed E-state index contributed by atoms with van der Waals surface area (Å²) in [5.41, 5.74) is 0. The van der Waals surface area contributed by atoms with Crippen LogP contribution in [0, 0.1) is 0 Å². The normalized spacial score (nSPS) is 9.27. The summed E-state index contributed by atoms with van der Waals surface area (Å²) in [5.74, 6) is 1.54. The van der Waals surface area contributed by atoms with E-state index in [0.717, 1.165) is 35.0 Å². The lowest BCUT2D eigenvalue weighted by atomic mass is 10.4. The molecule has 0 aromatic rings. The standard InChI is InChI=1S/C8H12Br2O/c1-7(3-5-9)11-8(2)4-6-10/h1-6H2. The van der Waals surface area contributed by atoms with Crippen molar-refractivity contribution in [1.29, 1.82) is 0 Å². The van der Waals surface area contributed by atoms with Crippen LogP contribution in [-0.4, -0.2) is 10.7 Å². The van der Waals surface area contributed by atoms with Gasteiger partial charge in [0.2, 0.25) is 0 Å². The van der Waals surface area contributed by atoms with Crippen LogP contribution in [0.3, 0.4) is 0 Å². The van der Waals surface area contributed by atoms with E-state index in [1.807, 2.05) is 0 Å². The lowest BCUT2D eigenvalue weighted by Crippen LogP contribution is -1.92. The molecule has 0 aliphatic rings. The van der Waals surface area contributed by atoms with Gasteiger partial charge in [-0.25, -0.2) is 0 Å². The van der Waals surface area contributed by atoms with Crippen LogP contribution in [0.15, 0.2) is 24.7 Å². The minimum atomic E-state index is 0.771. The number of hydrogen-bond acceptors (Lipinski definition) is 1. The molecule has 0 rings (SSSR count). The first-order valence-corrected chi connectivity index (χ1v) is 5.60. The summed E-state index contributed by atoms with van der Waals surface area (Å²) in [7, 11) is 0. The van der Waals surface area contributed by atoms with E-state index in [-0.39, 0.29) is 0 Å². The Kier molecular flexibility index (Phi) is 7.07. The van der Waals surface area contributed by atoms with Gasteiger partial charge >= 0.3 is 0 Å². The van der Waals surface area contributed by atoms with Crippen LogP contribution in [-0.2, 0) is 4.74 Å². The fraction of sp³-hybridized carbons (Fsp3) is 0.500. The molecule has 1 nitrogen and oxygen atoms in total. The molecule has 64 valence electrons. The third-order valence-electron chi connectivity index (χ3n) is 1.04. The molecule has 0 unspecified atom stereocenters. The quantitative estimate of drug-likeness (QED) is 0.535. The van der Waals surface area contributed by atoms with Crippen molar-refractivity contribution in [2.75, 3.05) is 10.7 Å². The highest BCUT2D eigenvalue weighted by molar-refractivity contribution is 9.09. The van der Waals surface area contributed by atoms with Crippen molar-refractivity contribution in [3.63, 3.8) is 0 Å². The van der Waals surface area contributed by atoms with E-state index < -0.39 is 0 Å². The molecule has 0 heterocycles. The first-order valence-electron chi connectivity index (χ1n) is 3.36. The predicted molar refractivity (Wildman–Crippen MR) is 56.2 cm³/mol. The molecular weight excluding hydrogens is 272 g/mol. The Hall–Kier alpha value is 0.240. The third kappa shape index (κ3) is 6.63. The third-order valence-corrected chi connectivity index (χ3v) is 1.83. The molecule has 0 aromatic heterocycles. The van der Waals surface area contributed by atoms with Gasteiger partial charge in [0, 0.05) is 23.5 Å². The smallest absolute Gasteiger partial charge is 0.0972 e. The maximum absolute atomic E-state index is 5.28. The van der Waals surface area contributed by atoms with Gasteiger partial charge in [0.15, 0.2) is 0 Å². The first-order chi connectivity index (χ1) is 5.20. The summed E-state index contributed by atoms with van der Waals surface area (Å²) in [5, 5.41) is 1.76. The van der Waals surface area contributed by atoms with Crippen LogP contribution in [0.4, 0.5) is 0 Å². The van der Waals surface area contributed by atoms with Crippen LogP contribution >= 0.6 is 31.9 Å². The second kappa shape index (κ2) is 6.92. The van der Waals surface area contributed by atoms with Gasteiger partial charge in [0.05, 0.1) is 11.5 Å². The van der Waals surface area contributed by atoms with Gasteiger partial charge in [0.1, 0.15) is 0 Å². The predicted octanol–water partition coefficient (Wildman–Crippen LogP) is 3.60. The van der Waals surface area contributed by atoms with Crippen molar-refractivity contribution in [2.24, 2.45) is 0 Å². The fourth-order valence-electron chi connectivity index (χ4n) is 0.517. The Morgan fingerprint density at radius 2 is 1.36 bits per heavy atom. The molecule has 0 radical (unpaired) electrons. The van der Waals surface area contributed by atoms with Crippen molar-refractivity contribution in [2.45, 2.75) is 12.8 Å². The molecule has 0 bridgehead atoms. The second-order valence-electron chi connectivity index (χ2n) is 2.06. The summed E-state index contributed by atoms with van der Waals surface area (Å²) in [4.78, 5) is 0. The van der Waals surface area contributed by atoms with E-state index in [1.165, 1.54) is 0 Å². The Balaban J connectivity index is 3.49. The molecule has 3 heteroatoms. The van der Waals surface area contributed by atoms with Gasteiger partial charge in [-0.05, 0) is 0 Å². The molecule has 0 aliphatic heterocycles. The van der Waals surface area contributed by atoms with E-state index in [2.05, 4.69) is 45.0 Å². The van der Waals surface area contributed by atoms with Crippen molar-refractivity contribution in [3.8, 4) is 0 Å². The number of allylic oxidation sites excluding steroid dienone is 2. The Labute approximate surface area is 84.8 Å². The van der Waals surface area contributed by atoms with Crippen LogP contribution < -0.4 is 0 Å². The molecule has 0 saturated heterocycles. The van der Waals surface area contributed by atoms with Crippen molar-refractivity contribution in [1.82, 2.24) is 0 Å². The van der Waals surface area contributed by atoms with Gasteiger partial charge in [-0.2, -0.15) is 0 Å². The first kappa shape index (κ1) is 11.2. The summed E-state index contributed by atoms with van der Waals surface area (Å²) in [6.07, 6.45) is 1.67. The van der Waals surface area contributed by atoms with E-state index in [4.69, 9.17) is 4.74 Å². The molecule has 0 saturated carbocycles. The van der Waals surface area contributed by atoms with Gasteiger partial charge < -0.3 is 4.74 Å². The largest absolute Gasteiger partial charge is 0.467 e. The van der Waals surface area contributed by atoms with Gasteiger partial charge in [-0.1, -0.05) is 45.0 Å². The van der Waals surface area contributed by atoms with Gasteiger partial charge in [-0.15, -0.1) is 0 Å². The van der Waals surface area contributed by atoms with Crippen LogP contribution in [0.1, 0.15) is 12.8 Å². The average molecular weight is 284 g/mol. The molecule has 11 heavy (non-hydrogen) atoms. The number of rotatable bonds is 6. The number of ether oxygens (including phenoxy) is 1. The zero-order valence-corrected chi connectivity index (χ0v) is 9.58. The second-order valence-corrected chi connectivity index (χ2v) is 3.64. The Morgan fingerprint density at radius 3 is 1.64 bits per heavy atom. The highest BCUT2D eigenvalue weighted by Crippen LogP contribution is 2.11. The molecule has 0 aliphatic carbocycles. The van der Waals surface area contributed by atoms with E-state index in [1.54, 1.807) is 0 Å². The zero-order valence-electron chi connectivity index (χ0n) is 6.41.